The summed E-state index contributed by atoms with van der Waals surface area (Å²) in [7, 11) is 1.51. The van der Waals surface area contributed by atoms with E-state index in [-0.39, 0.29) is 48.0 Å². The summed E-state index contributed by atoms with van der Waals surface area (Å²) in [6.07, 6.45) is 0.777. The van der Waals surface area contributed by atoms with E-state index in [4.69, 9.17) is 9.47 Å². The van der Waals surface area contributed by atoms with Crippen LogP contribution in [0.2, 0.25) is 0 Å². The highest BCUT2D eigenvalue weighted by Gasteiger charge is 2.43. The number of pyridine rings is 1. The maximum atomic E-state index is 13.0. The number of carbonyl (C=O) groups is 2. The van der Waals surface area contributed by atoms with Gasteiger partial charge in [-0.3, -0.25) is 9.69 Å². The van der Waals surface area contributed by atoms with E-state index in [1.807, 2.05) is 60.7 Å². The number of H-pyrrole nitrogens is 1. The Morgan fingerprint density at radius 1 is 0.809 bits per heavy atom. The summed E-state index contributed by atoms with van der Waals surface area (Å²) >= 11 is 0. The van der Waals surface area contributed by atoms with Gasteiger partial charge < -0.3 is 50.8 Å². The highest BCUT2D eigenvalue weighted by Crippen LogP contribution is 2.40. The molecule has 1 fully saturated rings. The second-order valence-electron chi connectivity index (χ2n) is 17.0. The summed E-state index contributed by atoms with van der Waals surface area (Å²) in [4.78, 5) is 42.8. The van der Waals surface area contributed by atoms with E-state index >= 15 is 0 Å². The number of anilines is 1. The summed E-state index contributed by atoms with van der Waals surface area (Å²) in [5.74, 6) is -0.480. The molecular weight excluding hydrogens is 863 g/mol. The van der Waals surface area contributed by atoms with Gasteiger partial charge in [0.2, 0.25) is 11.2 Å². The number of hydrogen-bond donors (Lipinski definition) is 8. The van der Waals surface area contributed by atoms with Crippen molar-refractivity contribution in [3.8, 4) is 17.2 Å². The fraction of sp³-hybridized carbons (Fsp3) is 0.241. The minimum absolute atomic E-state index is 0.0789. The first-order chi connectivity index (χ1) is 33.0. The van der Waals surface area contributed by atoms with Gasteiger partial charge in [0.1, 0.15) is 23.9 Å². The third-order valence-electron chi connectivity index (χ3n) is 12.5. The number of rotatable bonds is 18. The van der Waals surface area contributed by atoms with E-state index in [1.54, 1.807) is 60.7 Å². The molecule has 14 heteroatoms. The van der Waals surface area contributed by atoms with Crippen molar-refractivity contribution >= 4 is 28.6 Å². The maximum absolute atomic E-state index is 13.0. The smallest absolute Gasteiger partial charge is 0.345 e. The number of aliphatic carboxylic acids is 1. The molecule has 1 saturated heterocycles. The number of benzene rings is 6. The molecule has 0 spiro atoms. The Hall–Kier alpha value is -7.49. The van der Waals surface area contributed by atoms with Crippen LogP contribution in [0.5, 0.6) is 17.2 Å². The molecule has 7 aromatic rings. The Kier molecular flexibility index (Phi) is 14.8. The summed E-state index contributed by atoms with van der Waals surface area (Å²) in [6, 6.07) is 42.7. The molecule has 0 saturated carbocycles. The molecule has 1 aliphatic heterocycles. The van der Waals surface area contributed by atoms with Gasteiger partial charge in [-0.25, -0.2) is 9.59 Å². The number of urea groups is 1. The number of amides is 2. The molecular formula is C54H55N5O9. The molecule has 1 aromatic heterocycles. The molecule has 0 unspecified atom stereocenters. The van der Waals surface area contributed by atoms with Gasteiger partial charge in [0.25, 0.3) is 0 Å². The predicted molar refractivity (Wildman–Crippen MR) is 260 cm³/mol. The molecule has 1 aliphatic rings. The average molecular weight is 918 g/mol. The number of fused-ring (bicyclic) bond motifs is 1. The van der Waals surface area contributed by atoms with Gasteiger partial charge in [-0.05, 0) is 102 Å². The summed E-state index contributed by atoms with van der Waals surface area (Å²) in [5, 5.41) is 53.3. The number of hydrogen-bond acceptors (Lipinski definition) is 10. The van der Waals surface area contributed by atoms with Crippen molar-refractivity contribution in [2.75, 3.05) is 32.1 Å². The zero-order valence-electron chi connectivity index (χ0n) is 37.7. The van der Waals surface area contributed by atoms with Gasteiger partial charge in [-0.2, -0.15) is 0 Å². The van der Waals surface area contributed by atoms with Gasteiger partial charge in [0, 0.05) is 48.8 Å². The highest BCUT2D eigenvalue weighted by molar-refractivity contribution is 5.91. The monoisotopic (exact) mass is 917 g/mol. The standard InChI is InChI=1S/C54H55N5O9/c1-67-49-28-38(30-55-32-48(61)43-19-22-47(60)51-44(43)20-23-50(62)58-51)18-21-46(49)57-53(65)56-31-35-14-16-37(17-15-35)34-68-41-11-7-10-40(29-41)54(66,52(63)64)45-13-6-5-12-42(45)39-24-26-59(27-25-39)33-36-8-3-2-4-9-36/h2-23,28-29,39,48,55,60-61,66H,24-27,30-34H2,1H3,(H,58,62)(H,63,64)(H2,56,57,65)/t48-,54-/m0/s1. The lowest BCUT2D eigenvalue weighted by atomic mass is 9.78. The van der Waals surface area contributed by atoms with E-state index in [0.717, 1.165) is 54.7 Å². The van der Waals surface area contributed by atoms with Crippen LogP contribution in [0.3, 0.4) is 0 Å². The van der Waals surface area contributed by atoms with Gasteiger partial charge in [-0.1, -0.05) is 103 Å². The van der Waals surface area contributed by atoms with E-state index in [0.29, 0.717) is 40.2 Å². The number of aliphatic hydroxyl groups is 2. The predicted octanol–water partition coefficient (Wildman–Crippen LogP) is 7.67. The number of likely N-dealkylation sites (tertiary alicyclic amines) is 1. The molecule has 0 aliphatic carbocycles. The average Bonchev–Trinajstić information content (AvgIpc) is 3.36. The number of aromatic amines is 1. The van der Waals surface area contributed by atoms with Crippen molar-refractivity contribution in [2.45, 2.75) is 56.7 Å². The van der Waals surface area contributed by atoms with Crippen LogP contribution in [0, 0.1) is 0 Å². The molecule has 350 valence electrons. The maximum Gasteiger partial charge on any atom is 0.345 e. The second kappa shape index (κ2) is 21.4. The van der Waals surface area contributed by atoms with Crippen molar-refractivity contribution in [2.24, 2.45) is 0 Å². The fourth-order valence-electron chi connectivity index (χ4n) is 8.86. The molecule has 2 atom stereocenters. The third-order valence-corrected chi connectivity index (χ3v) is 12.5. The quantitative estimate of drug-likeness (QED) is 0.0420. The molecule has 2 amide bonds. The SMILES string of the molecule is COc1cc(CNC[C@H](O)c2ccc(O)c3[nH]c(=O)ccc23)ccc1NC(=O)NCc1ccc(COc2cccc([C@@](O)(C(=O)O)c3ccccc3C3CCN(Cc4ccccc4)CC3)c2)cc1. The number of carboxylic acids is 1. The molecule has 68 heavy (non-hydrogen) atoms. The van der Waals surface area contributed by atoms with Crippen LogP contribution in [-0.4, -0.2) is 69.1 Å². The molecule has 8 N–H and O–H groups in total. The molecule has 6 aromatic carbocycles. The van der Waals surface area contributed by atoms with Crippen LogP contribution in [-0.2, 0) is 36.6 Å². The Morgan fingerprint density at radius 2 is 1.54 bits per heavy atom. The second-order valence-corrected chi connectivity index (χ2v) is 17.0. The Balaban J connectivity index is 0.820. The van der Waals surface area contributed by atoms with E-state index in [1.165, 1.54) is 24.8 Å². The van der Waals surface area contributed by atoms with Crippen LogP contribution < -0.4 is 31.0 Å². The van der Waals surface area contributed by atoms with E-state index < -0.39 is 23.7 Å². The number of nitrogens with one attached hydrogen (secondary N) is 4. The first-order valence-electron chi connectivity index (χ1n) is 22.6. The van der Waals surface area contributed by atoms with E-state index in [9.17, 15) is 34.8 Å². The zero-order chi connectivity index (χ0) is 47.6. The molecule has 8 rings (SSSR count). The lowest BCUT2D eigenvalue weighted by Gasteiger charge is -2.35. The van der Waals surface area contributed by atoms with Crippen molar-refractivity contribution in [3.05, 3.63) is 200 Å². The van der Waals surface area contributed by atoms with Crippen LogP contribution >= 0.6 is 0 Å². The lowest BCUT2D eigenvalue weighted by molar-refractivity contribution is -0.155. The Bertz CT molecular complexity index is 2920. The zero-order valence-corrected chi connectivity index (χ0v) is 37.7. The number of carboxylic acid groups (broad SMARTS) is 1. The number of aliphatic hydroxyl groups excluding tert-OH is 1. The van der Waals surface area contributed by atoms with Crippen LogP contribution in [0.1, 0.15) is 69.4 Å². The number of phenolic OH excluding ortho intramolecular Hbond substituents is 1. The van der Waals surface area contributed by atoms with Gasteiger partial charge in [0.15, 0.2) is 0 Å². The van der Waals surface area contributed by atoms with Crippen LogP contribution in [0.15, 0.2) is 150 Å². The number of aromatic hydroxyl groups is 1. The number of nitrogens with zero attached hydrogens (tertiary/aromatic N) is 1. The normalized spacial score (nSPS) is 14.5. The van der Waals surface area contributed by atoms with Crippen molar-refractivity contribution in [3.63, 3.8) is 0 Å². The molecule has 2 heterocycles. The first-order valence-corrected chi connectivity index (χ1v) is 22.6. The Morgan fingerprint density at radius 3 is 2.31 bits per heavy atom. The number of piperidine rings is 1. The van der Waals surface area contributed by atoms with Gasteiger partial charge in [0.05, 0.1) is 24.4 Å². The molecule has 14 nitrogen and oxygen atoms in total. The van der Waals surface area contributed by atoms with E-state index in [2.05, 4.69) is 38.0 Å². The van der Waals surface area contributed by atoms with Crippen molar-refractivity contribution < 1.29 is 39.5 Å². The molecule has 0 radical (unpaired) electrons. The van der Waals surface area contributed by atoms with Gasteiger partial charge in [-0.15, -0.1) is 0 Å². The largest absolute Gasteiger partial charge is 0.506 e. The summed E-state index contributed by atoms with van der Waals surface area (Å²) in [6.45, 7) is 3.61. The number of carbonyl (C=O) groups excluding carboxylic acids is 1. The minimum Gasteiger partial charge on any atom is -0.506 e. The first kappa shape index (κ1) is 47.0. The third kappa shape index (κ3) is 11.0. The topological polar surface area (TPSA) is 206 Å². The summed E-state index contributed by atoms with van der Waals surface area (Å²) in [5.41, 5.74) is 3.86. The van der Waals surface area contributed by atoms with Gasteiger partial charge >= 0.3 is 12.0 Å². The van der Waals surface area contributed by atoms with Crippen LogP contribution in [0.25, 0.3) is 10.9 Å². The van der Waals surface area contributed by atoms with Crippen molar-refractivity contribution in [1.29, 1.82) is 0 Å². The number of ether oxygens (including phenoxy) is 2. The number of methoxy groups -OCH3 is 1. The minimum atomic E-state index is -2.30. The number of aromatic nitrogens is 1. The molecule has 0 bridgehead atoms. The summed E-state index contributed by atoms with van der Waals surface area (Å²) < 4.78 is 11.7. The Labute approximate surface area is 393 Å². The van der Waals surface area contributed by atoms with Crippen molar-refractivity contribution in [1.82, 2.24) is 20.5 Å². The number of phenols is 1. The fourth-order valence-corrected chi connectivity index (χ4v) is 8.86. The highest BCUT2D eigenvalue weighted by atomic mass is 16.5. The van der Waals surface area contributed by atoms with Crippen LogP contribution in [0.4, 0.5) is 10.5 Å². The lowest BCUT2D eigenvalue weighted by Crippen LogP contribution is -2.39.